The second kappa shape index (κ2) is 7.07. The normalized spacial score (nSPS) is 10.4. The van der Waals surface area contributed by atoms with Crippen molar-refractivity contribution in [2.75, 3.05) is 7.11 Å². The highest BCUT2D eigenvalue weighted by Gasteiger charge is 2.10. The molecule has 1 N–H and O–H groups in total. The summed E-state index contributed by atoms with van der Waals surface area (Å²) in [4.78, 5) is 11.9. The molecule has 0 spiro atoms. The molecule has 2 aromatic carbocycles. The Balaban J connectivity index is 2.24. The van der Waals surface area contributed by atoms with E-state index in [0.29, 0.717) is 21.5 Å². The van der Waals surface area contributed by atoms with Gasteiger partial charge in [-0.05, 0) is 36.4 Å². The monoisotopic (exact) mass is 342 g/mol. The van der Waals surface area contributed by atoms with E-state index in [0.717, 1.165) is 10.5 Å². The number of carboxylic acids is 1. The summed E-state index contributed by atoms with van der Waals surface area (Å²) in [5, 5.41) is 10.3. The van der Waals surface area contributed by atoms with Crippen LogP contribution in [0.15, 0.2) is 41.3 Å². The van der Waals surface area contributed by atoms with Crippen molar-refractivity contribution in [1.29, 1.82) is 0 Å². The predicted molar refractivity (Wildman–Crippen MR) is 86.0 cm³/mol. The molecular weight excluding hydrogens is 331 g/mol. The molecule has 0 heterocycles. The number of rotatable bonds is 5. The van der Waals surface area contributed by atoms with Crippen molar-refractivity contribution in [3.05, 3.63) is 57.6 Å². The molecule has 2 rings (SSSR count). The molecule has 0 atom stereocenters. The Morgan fingerprint density at radius 3 is 2.67 bits per heavy atom. The number of carboxylic acid groups (broad SMARTS) is 1. The molecule has 0 aliphatic carbocycles. The molecule has 3 nitrogen and oxygen atoms in total. The standard InChI is InChI=1S/C15H12Cl2O3S/c1-20-13-5-2-9(15(18)19)6-10(13)8-21-14-7-11(16)3-4-12(14)17/h2-7H,8H2,1H3,(H,18,19). The average Bonchev–Trinajstić information content (AvgIpc) is 2.47. The summed E-state index contributed by atoms with van der Waals surface area (Å²) in [7, 11) is 1.55. The smallest absolute Gasteiger partial charge is 0.335 e. The summed E-state index contributed by atoms with van der Waals surface area (Å²) in [6, 6.07) is 10.0. The van der Waals surface area contributed by atoms with Crippen molar-refractivity contribution in [2.45, 2.75) is 10.6 Å². The summed E-state index contributed by atoms with van der Waals surface area (Å²) >= 11 is 13.5. The van der Waals surface area contributed by atoms with Crippen LogP contribution in [0.5, 0.6) is 5.75 Å². The summed E-state index contributed by atoms with van der Waals surface area (Å²) < 4.78 is 5.26. The van der Waals surface area contributed by atoms with Gasteiger partial charge in [-0.2, -0.15) is 0 Å². The highest BCUT2D eigenvalue weighted by Crippen LogP contribution is 2.34. The second-order valence-electron chi connectivity index (χ2n) is 4.20. The van der Waals surface area contributed by atoms with Crippen molar-refractivity contribution >= 4 is 40.9 Å². The first kappa shape index (κ1) is 16.0. The van der Waals surface area contributed by atoms with Gasteiger partial charge >= 0.3 is 5.97 Å². The molecule has 0 radical (unpaired) electrons. The lowest BCUT2D eigenvalue weighted by atomic mass is 10.1. The number of thioether (sulfide) groups is 1. The third-order valence-electron chi connectivity index (χ3n) is 2.80. The number of hydrogen-bond acceptors (Lipinski definition) is 3. The van der Waals surface area contributed by atoms with E-state index in [-0.39, 0.29) is 5.56 Å². The van der Waals surface area contributed by atoms with Crippen LogP contribution >= 0.6 is 35.0 Å². The molecule has 0 amide bonds. The highest BCUT2D eigenvalue weighted by molar-refractivity contribution is 7.98. The molecule has 110 valence electrons. The summed E-state index contributed by atoms with van der Waals surface area (Å²) in [6.07, 6.45) is 0. The van der Waals surface area contributed by atoms with Crippen LogP contribution in [0.3, 0.4) is 0 Å². The quantitative estimate of drug-likeness (QED) is 0.777. The Morgan fingerprint density at radius 2 is 2.00 bits per heavy atom. The number of hydrogen-bond donors (Lipinski definition) is 1. The lowest BCUT2D eigenvalue weighted by Gasteiger charge is -2.10. The summed E-state index contributed by atoms with van der Waals surface area (Å²) in [5.41, 5.74) is 1.02. The Kier molecular flexibility index (Phi) is 5.39. The molecule has 0 aliphatic heterocycles. The van der Waals surface area contributed by atoms with Gasteiger partial charge in [-0.25, -0.2) is 4.79 Å². The maximum atomic E-state index is 11.0. The van der Waals surface area contributed by atoms with Gasteiger partial charge in [0, 0.05) is 21.2 Å². The Bertz CT molecular complexity index is 674. The zero-order chi connectivity index (χ0) is 15.4. The first-order valence-corrected chi connectivity index (χ1v) is 7.73. The third kappa shape index (κ3) is 4.06. The Hall–Kier alpha value is -1.36. The zero-order valence-corrected chi connectivity index (χ0v) is 13.4. The fourth-order valence-corrected chi connectivity index (χ4v) is 3.24. The van der Waals surface area contributed by atoms with Crippen LogP contribution < -0.4 is 4.74 Å². The fourth-order valence-electron chi connectivity index (χ4n) is 1.77. The van der Waals surface area contributed by atoms with E-state index >= 15 is 0 Å². The molecule has 21 heavy (non-hydrogen) atoms. The number of aromatic carboxylic acids is 1. The van der Waals surface area contributed by atoms with Crippen LogP contribution in [0, 0.1) is 0 Å². The maximum absolute atomic E-state index is 11.0. The van der Waals surface area contributed by atoms with E-state index in [1.54, 1.807) is 37.4 Å². The van der Waals surface area contributed by atoms with Crippen LogP contribution in [0.25, 0.3) is 0 Å². The van der Waals surface area contributed by atoms with Crippen LogP contribution in [-0.4, -0.2) is 18.2 Å². The number of methoxy groups -OCH3 is 1. The van der Waals surface area contributed by atoms with Crippen LogP contribution in [0.1, 0.15) is 15.9 Å². The number of benzene rings is 2. The van der Waals surface area contributed by atoms with Crippen LogP contribution in [-0.2, 0) is 5.75 Å². The molecule has 0 bridgehead atoms. The van der Waals surface area contributed by atoms with Gasteiger partial charge in [0.15, 0.2) is 0 Å². The van der Waals surface area contributed by atoms with Gasteiger partial charge in [0.1, 0.15) is 5.75 Å². The molecule has 0 saturated heterocycles. The lowest BCUT2D eigenvalue weighted by molar-refractivity contribution is 0.0696. The van der Waals surface area contributed by atoms with E-state index in [9.17, 15) is 4.79 Å². The van der Waals surface area contributed by atoms with Crippen molar-refractivity contribution in [3.63, 3.8) is 0 Å². The average molecular weight is 343 g/mol. The van der Waals surface area contributed by atoms with E-state index in [2.05, 4.69) is 0 Å². The molecule has 0 fully saturated rings. The van der Waals surface area contributed by atoms with Gasteiger partial charge in [0.25, 0.3) is 0 Å². The van der Waals surface area contributed by atoms with Crippen molar-refractivity contribution in [3.8, 4) is 5.75 Å². The predicted octanol–water partition coefficient (Wildman–Crippen LogP) is 4.99. The minimum absolute atomic E-state index is 0.226. The van der Waals surface area contributed by atoms with Crippen molar-refractivity contribution in [2.24, 2.45) is 0 Å². The number of carbonyl (C=O) groups is 1. The largest absolute Gasteiger partial charge is 0.496 e. The summed E-state index contributed by atoms with van der Waals surface area (Å²) in [5.74, 6) is 0.208. The van der Waals surface area contributed by atoms with Crippen LogP contribution in [0.2, 0.25) is 10.0 Å². The highest BCUT2D eigenvalue weighted by atomic mass is 35.5. The molecule has 0 aromatic heterocycles. The van der Waals surface area contributed by atoms with Gasteiger partial charge in [0.05, 0.1) is 17.7 Å². The van der Waals surface area contributed by atoms with E-state index < -0.39 is 5.97 Å². The van der Waals surface area contributed by atoms with Gasteiger partial charge in [0.2, 0.25) is 0 Å². The Labute approximate surface area is 136 Å². The topological polar surface area (TPSA) is 46.5 Å². The SMILES string of the molecule is COc1ccc(C(=O)O)cc1CSc1cc(Cl)ccc1Cl. The van der Waals surface area contributed by atoms with Gasteiger partial charge in [-0.15, -0.1) is 11.8 Å². The minimum atomic E-state index is -0.968. The van der Waals surface area contributed by atoms with Gasteiger partial charge in [-0.3, -0.25) is 0 Å². The first-order valence-electron chi connectivity index (χ1n) is 5.99. The third-order valence-corrected chi connectivity index (χ3v) is 4.58. The Morgan fingerprint density at radius 1 is 1.24 bits per heavy atom. The maximum Gasteiger partial charge on any atom is 0.335 e. The second-order valence-corrected chi connectivity index (χ2v) is 6.06. The first-order chi connectivity index (χ1) is 10.0. The molecule has 2 aromatic rings. The van der Waals surface area contributed by atoms with Gasteiger partial charge in [-0.1, -0.05) is 23.2 Å². The lowest BCUT2D eigenvalue weighted by Crippen LogP contribution is -1.99. The molecule has 6 heteroatoms. The number of ether oxygens (including phenoxy) is 1. The molecular formula is C15H12Cl2O3S. The molecule has 0 aliphatic rings. The van der Waals surface area contributed by atoms with Gasteiger partial charge < -0.3 is 9.84 Å². The van der Waals surface area contributed by atoms with E-state index in [1.165, 1.54) is 17.8 Å². The zero-order valence-electron chi connectivity index (χ0n) is 11.1. The fraction of sp³-hybridized carbons (Fsp3) is 0.133. The van der Waals surface area contributed by atoms with E-state index in [1.807, 2.05) is 0 Å². The van der Waals surface area contributed by atoms with Crippen LogP contribution in [0.4, 0.5) is 0 Å². The number of halogens is 2. The van der Waals surface area contributed by atoms with E-state index in [4.69, 9.17) is 33.0 Å². The summed E-state index contributed by atoms with van der Waals surface area (Å²) in [6.45, 7) is 0. The molecule has 0 unspecified atom stereocenters. The van der Waals surface area contributed by atoms with Crippen molar-refractivity contribution in [1.82, 2.24) is 0 Å². The van der Waals surface area contributed by atoms with Crippen molar-refractivity contribution < 1.29 is 14.6 Å². The minimum Gasteiger partial charge on any atom is -0.496 e. The molecule has 0 saturated carbocycles.